The molecule has 160 valence electrons. The zero-order valence-electron chi connectivity index (χ0n) is 18.7. The third kappa shape index (κ3) is 5.25. The largest absolute Gasteiger partial charge is 0.507 e. The van der Waals surface area contributed by atoms with Crippen molar-refractivity contribution in [3.8, 4) is 11.5 Å². The highest BCUT2D eigenvalue weighted by atomic mass is 16.5. The fourth-order valence-electron chi connectivity index (χ4n) is 5.14. The van der Waals surface area contributed by atoms with Crippen molar-refractivity contribution < 1.29 is 9.84 Å². The lowest BCUT2D eigenvalue weighted by atomic mass is 9.83. The van der Waals surface area contributed by atoms with Crippen LogP contribution in [0.5, 0.6) is 11.5 Å². The molecule has 1 aliphatic heterocycles. The summed E-state index contributed by atoms with van der Waals surface area (Å²) in [4.78, 5) is 2.53. The van der Waals surface area contributed by atoms with Crippen molar-refractivity contribution in [3.63, 3.8) is 0 Å². The van der Waals surface area contributed by atoms with Gasteiger partial charge in [-0.05, 0) is 64.5 Å². The van der Waals surface area contributed by atoms with E-state index in [0.29, 0.717) is 24.4 Å². The van der Waals surface area contributed by atoms with Gasteiger partial charge in [0.2, 0.25) is 0 Å². The molecule has 1 heterocycles. The topological polar surface area (TPSA) is 32.7 Å². The molecule has 0 spiro atoms. The standard InChI is InChI=1S/C23H33NO2.C3H6/c1-16-8-7-9-18(12-16)22-21(25)13-17(2)20-14-24(15-26-23(20)22)19-10-5-3-4-6-11-19;1-3-2/h12-13,18-19,25H,3-11,14-15H2,1-2H3;3H,1H2,2H3. The summed E-state index contributed by atoms with van der Waals surface area (Å²) in [5.41, 5.74) is 4.93. The number of phenolic OH excluding ortho intramolecular Hbond substituents is 1. The summed E-state index contributed by atoms with van der Waals surface area (Å²) in [6.45, 7) is 11.2. The van der Waals surface area contributed by atoms with E-state index in [2.05, 4.69) is 31.4 Å². The number of rotatable bonds is 2. The molecule has 4 rings (SSSR count). The molecule has 3 nitrogen and oxygen atoms in total. The summed E-state index contributed by atoms with van der Waals surface area (Å²) >= 11 is 0. The van der Waals surface area contributed by atoms with Gasteiger partial charge in [-0.25, -0.2) is 0 Å². The molecule has 1 N–H and O–H groups in total. The molecular weight excluding hydrogens is 358 g/mol. The van der Waals surface area contributed by atoms with E-state index in [1.165, 1.54) is 62.5 Å². The molecule has 1 aromatic rings. The Hall–Kier alpha value is -1.74. The molecule has 1 unspecified atom stereocenters. The van der Waals surface area contributed by atoms with Crippen LogP contribution < -0.4 is 4.74 Å². The van der Waals surface area contributed by atoms with Crippen molar-refractivity contribution >= 4 is 0 Å². The summed E-state index contributed by atoms with van der Waals surface area (Å²) in [5, 5.41) is 10.7. The fraction of sp³-hybridized carbons (Fsp3) is 0.615. The van der Waals surface area contributed by atoms with Gasteiger partial charge in [0.25, 0.3) is 0 Å². The normalized spacial score (nSPS) is 23.0. The van der Waals surface area contributed by atoms with E-state index in [1.807, 2.05) is 13.0 Å². The van der Waals surface area contributed by atoms with Crippen LogP contribution >= 0.6 is 0 Å². The minimum atomic E-state index is 0.294. The lowest BCUT2D eigenvalue weighted by molar-refractivity contribution is 0.0477. The molecule has 3 aliphatic rings. The quantitative estimate of drug-likeness (QED) is 0.431. The molecule has 0 bridgehead atoms. The highest BCUT2D eigenvalue weighted by Gasteiger charge is 2.31. The molecule has 1 saturated carbocycles. The van der Waals surface area contributed by atoms with Gasteiger partial charge in [-0.1, -0.05) is 43.4 Å². The van der Waals surface area contributed by atoms with Crippen molar-refractivity contribution in [2.75, 3.05) is 6.73 Å². The minimum absolute atomic E-state index is 0.294. The predicted molar refractivity (Wildman–Crippen MR) is 122 cm³/mol. The average molecular weight is 398 g/mol. The number of ether oxygens (including phenoxy) is 1. The molecule has 2 aliphatic carbocycles. The maximum Gasteiger partial charge on any atom is 0.142 e. The minimum Gasteiger partial charge on any atom is -0.507 e. The summed E-state index contributed by atoms with van der Waals surface area (Å²) in [6.07, 6.45) is 15.6. The van der Waals surface area contributed by atoms with E-state index in [9.17, 15) is 5.11 Å². The number of nitrogens with zero attached hydrogens (tertiary/aromatic N) is 1. The number of benzene rings is 1. The van der Waals surface area contributed by atoms with Crippen LogP contribution in [0.15, 0.2) is 30.4 Å². The fourth-order valence-corrected chi connectivity index (χ4v) is 5.14. The van der Waals surface area contributed by atoms with Gasteiger partial charge in [-0.3, -0.25) is 4.90 Å². The maximum absolute atomic E-state index is 10.7. The summed E-state index contributed by atoms with van der Waals surface area (Å²) < 4.78 is 6.35. The smallest absolute Gasteiger partial charge is 0.142 e. The molecule has 0 radical (unpaired) electrons. The zero-order chi connectivity index (χ0) is 20.8. The summed E-state index contributed by atoms with van der Waals surface area (Å²) in [5.74, 6) is 1.69. The number of hydrogen-bond donors (Lipinski definition) is 1. The van der Waals surface area contributed by atoms with Crippen LogP contribution in [0.1, 0.15) is 94.2 Å². The Morgan fingerprint density at radius 3 is 2.45 bits per heavy atom. The van der Waals surface area contributed by atoms with Gasteiger partial charge < -0.3 is 9.84 Å². The SMILES string of the molecule is C=CC.CC1=CC(c2c(O)cc(C)c3c2OCN(C2CCCCCC2)C3)CCC1. The predicted octanol–water partition coefficient (Wildman–Crippen LogP) is 6.98. The van der Waals surface area contributed by atoms with Crippen LogP contribution in [-0.4, -0.2) is 22.8 Å². The molecule has 0 aromatic heterocycles. The van der Waals surface area contributed by atoms with E-state index in [4.69, 9.17) is 4.74 Å². The van der Waals surface area contributed by atoms with Gasteiger partial charge in [0.15, 0.2) is 0 Å². The van der Waals surface area contributed by atoms with Crippen LogP contribution in [0.3, 0.4) is 0 Å². The van der Waals surface area contributed by atoms with Crippen molar-refractivity contribution in [2.45, 2.75) is 97.1 Å². The third-order valence-corrected chi connectivity index (χ3v) is 6.64. The number of phenols is 1. The van der Waals surface area contributed by atoms with E-state index >= 15 is 0 Å². The molecule has 0 amide bonds. The highest BCUT2D eigenvalue weighted by molar-refractivity contribution is 5.57. The van der Waals surface area contributed by atoms with Crippen LogP contribution in [0.4, 0.5) is 0 Å². The Labute approximate surface area is 177 Å². The first-order chi connectivity index (χ1) is 14.0. The van der Waals surface area contributed by atoms with Gasteiger partial charge in [0.05, 0.1) is 0 Å². The zero-order valence-corrected chi connectivity index (χ0v) is 18.7. The van der Waals surface area contributed by atoms with Crippen LogP contribution in [0.25, 0.3) is 0 Å². The first kappa shape index (κ1) is 22.0. The van der Waals surface area contributed by atoms with Crippen molar-refractivity contribution in [2.24, 2.45) is 0 Å². The molecule has 3 heteroatoms. The number of aryl methyl sites for hydroxylation is 1. The maximum atomic E-state index is 10.7. The second-order valence-corrected chi connectivity index (χ2v) is 9.02. The highest BCUT2D eigenvalue weighted by Crippen LogP contribution is 2.46. The Bertz CT molecular complexity index is 729. The van der Waals surface area contributed by atoms with E-state index < -0.39 is 0 Å². The van der Waals surface area contributed by atoms with Gasteiger partial charge >= 0.3 is 0 Å². The molecule has 1 aromatic carbocycles. The van der Waals surface area contributed by atoms with Crippen molar-refractivity contribution in [1.29, 1.82) is 0 Å². The Balaban J connectivity index is 0.000000755. The lowest BCUT2D eigenvalue weighted by Gasteiger charge is -2.37. The molecule has 0 saturated heterocycles. The Morgan fingerprint density at radius 1 is 1.10 bits per heavy atom. The summed E-state index contributed by atoms with van der Waals surface area (Å²) in [7, 11) is 0. The second-order valence-electron chi connectivity index (χ2n) is 9.02. The molecule has 1 atom stereocenters. The van der Waals surface area contributed by atoms with Crippen LogP contribution in [-0.2, 0) is 6.54 Å². The third-order valence-electron chi connectivity index (χ3n) is 6.64. The van der Waals surface area contributed by atoms with Crippen molar-refractivity contribution in [1.82, 2.24) is 4.90 Å². The van der Waals surface area contributed by atoms with Crippen LogP contribution in [0.2, 0.25) is 0 Å². The lowest BCUT2D eigenvalue weighted by Crippen LogP contribution is -2.40. The Kier molecular flexibility index (Phi) is 7.83. The van der Waals surface area contributed by atoms with Crippen LogP contribution in [0, 0.1) is 6.92 Å². The Morgan fingerprint density at radius 2 is 1.79 bits per heavy atom. The number of fused-ring (bicyclic) bond motifs is 1. The van der Waals surface area contributed by atoms with Gasteiger partial charge in [0.1, 0.15) is 18.2 Å². The van der Waals surface area contributed by atoms with E-state index in [1.54, 1.807) is 6.08 Å². The van der Waals surface area contributed by atoms with Gasteiger partial charge in [-0.15, -0.1) is 6.58 Å². The average Bonchev–Trinajstić information content (AvgIpc) is 2.98. The van der Waals surface area contributed by atoms with Crippen molar-refractivity contribution in [3.05, 3.63) is 47.1 Å². The van der Waals surface area contributed by atoms with Gasteiger partial charge in [0, 0.05) is 29.6 Å². The summed E-state index contributed by atoms with van der Waals surface area (Å²) in [6, 6.07) is 2.62. The number of aromatic hydroxyl groups is 1. The van der Waals surface area contributed by atoms with E-state index in [0.717, 1.165) is 29.8 Å². The number of hydrogen-bond acceptors (Lipinski definition) is 3. The molecule has 1 fully saturated rings. The first-order valence-corrected chi connectivity index (χ1v) is 11.5. The van der Waals surface area contributed by atoms with E-state index in [-0.39, 0.29) is 0 Å². The molecule has 29 heavy (non-hydrogen) atoms. The number of allylic oxidation sites excluding steroid dienone is 3. The molecular formula is C26H39NO2. The van der Waals surface area contributed by atoms with Gasteiger partial charge in [-0.2, -0.15) is 0 Å². The second kappa shape index (κ2) is 10.3. The monoisotopic (exact) mass is 397 g/mol. The first-order valence-electron chi connectivity index (χ1n) is 11.5.